The van der Waals surface area contributed by atoms with Crippen molar-refractivity contribution in [3.63, 3.8) is 0 Å². The molecular weight excluding hydrogens is 320 g/mol. The van der Waals surface area contributed by atoms with Crippen LogP contribution in [0.15, 0.2) is 36.4 Å². The zero-order valence-corrected chi connectivity index (χ0v) is 14.4. The fourth-order valence-corrected chi connectivity index (χ4v) is 3.80. The number of methoxy groups -OCH3 is 1. The highest BCUT2D eigenvalue weighted by molar-refractivity contribution is 5.84. The first-order chi connectivity index (χ1) is 12.0. The SMILES string of the molecule is COc1ccc(N(CC(=O)O)CC(=O)NC[C@H]2C[C@H]3C=C[C@H]2C3)cc1. The maximum atomic E-state index is 12.3. The monoisotopic (exact) mass is 344 g/mol. The number of allylic oxidation sites excluding steroid dienone is 2. The van der Waals surface area contributed by atoms with E-state index in [1.165, 1.54) is 6.42 Å². The van der Waals surface area contributed by atoms with E-state index in [0.29, 0.717) is 35.7 Å². The van der Waals surface area contributed by atoms with Crippen molar-refractivity contribution in [2.45, 2.75) is 12.8 Å². The lowest BCUT2D eigenvalue weighted by molar-refractivity contribution is -0.135. The van der Waals surface area contributed by atoms with E-state index in [0.717, 1.165) is 6.42 Å². The van der Waals surface area contributed by atoms with Gasteiger partial charge < -0.3 is 20.1 Å². The number of hydrogen-bond acceptors (Lipinski definition) is 4. The molecule has 3 rings (SSSR count). The predicted molar refractivity (Wildman–Crippen MR) is 94.7 cm³/mol. The number of nitrogens with zero attached hydrogens (tertiary/aromatic N) is 1. The zero-order chi connectivity index (χ0) is 17.8. The Morgan fingerprint density at radius 1 is 1.20 bits per heavy atom. The van der Waals surface area contributed by atoms with Gasteiger partial charge in [-0.3, -0.25) is 9.59 Å². The number of rotatable bonds is 8. The lowest BCUT2D eigenvalue weighted by Gasteiger charge is -2.24. The molecule has 0 spiro atoms. The van der Waals surface area contributed by atoms with Crippen LogP contribution >= 0.6 is 0 Å². The number of anilines is 1. The van der Waals surface area contributed by atoms with Crippen LogP contribution in [0, 0.1) is 17.8 Å². The molecule has 6 nitrogen and oxygen atoms in total. The van der Waals surface area contributed by atoms with Crippen molar-refractivity contribution in [1.82, 2.24) is 5.32 Å². The predicted octanol–water partition coefficient (Wildman–Crippen LogP) is 1.91. The summed E-state index contributed by atoms with van der Waals surface area (Å²) in [6, 6.07) is 7.03. The number of fused-ring (bicyclic) bond motifs is 2. The highest BCUT2D eigenvalue weighted by Gasteiger charge is 2.35. The molecule has 0 aliphatic heterocycles. The van der Waals surface area contributed by atoms with E-state index in [2.05, 4.69) is 17.5 Å². The van der Waals surface area contributed by atoms with Gasteiger partial charge >= 0.3 is 5.97 Å². The summed E-state index contributed by atoms with van der Waals surface area (Å²) in [4.78, 5) is 25.0. The number of hydrogen-bond donors (Lipinski definition) is 2. The van der Waals surface area contributed by atoms with Crippen LogP contribution in [-0.4, -0.2) is 43.7 Å². The van der Waals surface area contributed by atoms with Gasteiger partial charge in [0.2, 0.25) is 5.91 Å². The number of benzene rings is 1. The molecule has 0 unspecified atom stereocenters. The molecule has 1 amide bonds. The van der Waals surface area contributed by atoms with Gasteiger partial charge in [0.05, 0.1) is 13.7 Å². The number of amides is 1. The quantitative estimate of drug-likeness (QED) is 0.705. The molecule has 3 atom stereocenters. The minimum Gasteiger partial charge on any atom is -0.497 e. The summed E-state index contributed by atoms with van der Waals surface area (Å²) >= 11 is 0. The first-order valence-corrected chi connectivity index (χ1v) is 8.61. The average Bonchev–Trinajstić information content (AvgIpc) is 3.22. The van der Waals surface area contributed by atoms with E-state index in [-0.39, 0.29) is 19.0 Å². The van der Waals surface area contributed by atoms with Gasteiger partial charge in [-0.05, 0) is 54.9 Å². The molecule has 2 N–H and O–H groups in total. The maximum Gasteiger partial charge on any atom is 0.323 e. The Labute approximate surface area is 147 Å². The molecule has 1 saturated carbocycles. The van der Waals surface area contributed by atoms with Crippen LogP contribution in [0.1, 0.15) is 12.8 Å². The Morgan fingerprint density at radius 2 is 1.96 bits per heavy atom. The van der Waals surface area contributed by atoms with Gasteiger partial charge in [-0.2, -0.15) is 0 Å². The van der Waals surface area contributed by atoms with E-state index in [1.807, 2.05) is 0 Å². The van der Waals surface area contributed by atoms with Gasteiger partial charge in [0.15, 0.2) is 0 Å². The molecule has 134 valence electrons. The molecular formula is C19H24N2O4. The first-order valence-electron chi connectivity index (χ1n) is 8.61. The number of ether oxygens (including phenoxy) is 1. The Kier molecular flexibility index (Phi) is 5.26. The van der Waals surface area contributed by atoms with Gasteiger partial charge in [0.1, 0.15) is 12.3 Å². The van der Waals surface area contributed by atoms with E-state index >= 15 is 0 Å². The minimum absolute atomic E-state index is 0.0231. The van der Waals surface area contributed by atoms with Gasteiger partial charge in [-0.1, -0.05) is 12.2 Å². The summed E-state index contributed by atoms with van der Waals surface area (Å²) in [6.07, 6.45) is 6.89. The van der Waals surface area contributed by atoms with Crippen molar-refractivity contribution in [3.05, 3.63) is 36.4 Å². The fourth-order valence-electron chi connectivity index (χ4n) is 3.80. The molecule has 1 aromatic rings. The zero-order valence-electron chi connectivity index (χ0n) is 14.4. The number of carbonyl (C=O) groups excluding carboxylic acids is 1. The van der Waals surface area contributed by atoms with Crippen molar-refractivity contribution in [2.75, 3.05) is 31.6 Å². The first kappa shape index (κ1) is 17.3. The fraction of sp³-hybridized carbons (Fsp3) is 0.474. The molecule has 0 aromatic heterocycles. The molecule has 25 heavy (non-hydrogen) atoms. The van der Waals surface area contributed by atoms with Crippen molar-refractivity contribution in [3.8, 4) is 5.75 Å². The number of nitrogens with one attached hydrogen (secondary N) is 1. The van der Waals surface area contributed by atoms with Crippen molar-refractivity contribution < 1.29 is 19.4 Å². The lowest BCUT2D eigenvalue weighted by atomic mass is 9.94. The molecule has 0 heterocycles. The Morgan fingerprint density at radius 3 is 2.52 bits per heavy atom. The van der Waals surface area contributed by atoms with Crippen LogP contribution in [0.25, 0.3) is 0 Å². The Balaban J connectivity index is 1.56. The van der Waals surface area contributed by atoms with Crippen LogP contribution in [0.2, 0.25) is 0 Å². The third-order valence-corrected chi connectivity index (χ3v) is 5.08. The second-order valence-corrected chi connectivity index (χ2v) is 6.79. The summed E-state index contributed by atoms with van der Waals surface area (Å²) in [5, 5.41) is 12.1. The minimum atomic E-state index is -0.971. The van der Waals surface area contributed by atoms with E-state index < -0.39 is 5.97 Å². The maximum absolute atomic E-state index is 12.3. The van der Waals surface area contributed by atoms with Crippen LogP contribution in [0.5, 0.6) is 5.75 Å². The summed E-state index contributed by atoms with van der Waals surface area (Å²) in [5.74, 6) is 1.34. The third-order valence-electron chi connectivity index (χ3n) is 5.08. The Hall–Kier alpha value is -2.50. The van der Waals surface area contributed by atoms with E-state index in [4.69, 9.17) is 9.84 Å². The largest absolute Gasteiger partial charge is 0.497 e. The van der Waals surface area contributed by atoms with Crippen LogP contribution in [0.3, 0.4) is 0 Å². The average molecular weight is 344 g/mol. The molecule has 1 fully saturated rings. The molecule has 6 heteroatoms. The number of carbonyl (C=O) groups is 2. The normalized spacial score (nSPS) is 23.5. The molecule has 0 radical (unpaired) electrons. The smallest absolute Gasteiger partial charge is 0.323 e. The summed E-state index contributed by atoms with van der Waals surface area (Å²) in [5.41, 5.74) is 0.682. The van der Waals surface area contributed by atoms with Crippen LogP contribution in [-0.2, 0) is 9.59 Å². The van der Waals surface area contributed by atoms with Crippen LogP contribution < -0.4 is 15.0 Å². The Bertz CT molecular complexity index is 656. The molecule has 1 aromatic carbocycles. The van der Waals surface area contributed by atoms with Gasteiger partial charge in [-0.15, -0.1) is 0 Å². The lowest BCUT2D eigenvalue weighted by Crippen LogP contribution is -2.41. The number of carboxylic acid groups (broad SMARTS) is 1. The van der Waals surface area contributed by atoms with Crippen molar-refractivity contribution in [2.24, 2.45) is 17.8 Å². The summed E-state index contributed by atoms with van der Waals surface area (Å²) < 4.78 is 5.11. The highest BCUT2D eigenvalue weighted by atomic mass is 16.5. The van der Waals surface area contributed by atoms with E-state index in [9.17, 15) is 9.59 Å². The topological polar surface area (TPSA) is 78.9 Å². The number of carboxylic acids is 1. The number of aliphatic carboxylic acids is 1. The summed E-state index contributed by atoms with van der Waals surface area (Å²) in [6.45, 7) is 0.458. The van der Waals surface area contributed by atoms with Crippen molar-refractivity contribution in [1.29, 1.82) is 0 Å². The van der Waals surface area contributed by atoms with Crippen LogP contribution in [0.4, 0.5) is 5.69 Å². The standard InChI is InChI=1S/C19H24N2O4/c1-25-17-6-4-16(5-7-17)21(12-19(23)24)11-18(22)20-10-15-9-13-2-3-14(15)8-13/h2-7,13-15H,8-12H2,1H3,(H,20,22)(H,23,24)/t13-,14-,15+/m0/s1. The van der Waals surface area contributed by atoms with E-state index in [1.54, 1.807) is 36.3 Å². The molecule has 2 aliphatic carbocycles. The highest BCUT2D eigenvalue weighted by Crippen LogP contribution is 2.42. The van der Waals surface area contributed by atoms with Gasteiger partial charge in [-0.25, -0.2) is 0 Å². The van der Waals surface area contributed by atoms with Crippen molar-refractivity contribution >= 4 is 17.6 Å². The third kappa shape index (κ3) is 4.32. The van der Waals surface area contributed by atoms with Gasteiger partial charge in [0.25, 0.3) is 0 Å². The molecule has 0 saturated heterocycles. The second-order valence-electron chi connectivity index (χ2n) is 6.79. The second kappa shape index (κ2) is 7.59. The van der Waals surface area contributed by atoms with Gasteiger partial charge in [0, 0.05) is 12.2 Å². The molecule has 2 aliphatic rings. The summed E-state index contributed by atoms with van der Waals surface area (Å²) in [7, 11) is 1.57. The molecule has 2 bridgehead atoms.